The molecule has 2 aromatic heterocycles. The molecule has 3 aromatic rings. The molecule has 1 N–H and O–H groups in total. The number of nitrogens with one attached hydrogen (secondary N) is 1. The van der Waals surface area contributed by atoms with Crippen molar-refractivity contribution in [1.29, 1.82) is 0 Å². The normalized spacial score (nSPS) is 10.9. The summed E-state index contributed by atoms with van der Waals surface area (Å²) in [6, 6.07) is 5.52. The summed E-state index contributed by atoms with van der Waals surface area (Å²) in [7, 11) is 1.39. The minimum Gasteiger partial charge on any atom is -0.494 e. The molecule has 1 aromatic carbocycles. The molecule has 0 fully saturated rings. The lowest BCUT2D eigenvalue weighted by Gasteiger charge is -2.11. The monoisotopic (exact) mass is 292 g/mol. The van der Waals surface area contributed by atoms with Crippen LogP contribution in [0.2, 0.25) is 0 Å². The first-order valence-corrected chi connectivity index (χ1v) is 6.56. The van der Waals surface area contributed by atoms with E-state index >= 15 is 0 Å². The van der Waals surface area contributed by atoms with Crippen LogP contribution in [0, 0.1) is 5.82 Å². The Morgan fingerprint density at radius 3 is 2.85 bits per heavy atom. The predicted molar refractivity (Wildman–Crippen MR) is 74.6 cm³/mol. The summed E-state index contributed by atoms with van der Waals surface area (Å²) in [5.41, 5.74) is -0.185. The number of hydrogen-bond acceptors (Lipinski definition) is 4. The van der Waals surface area contributed by atoms with Crippen molar-refractivity contribution in [1.82, 2.24) is 9.55 Å². The summed E-state index contributed by atoms with van der Waals surface area (Å²) >= 11 is 1.23. The van der Waals surface area contributed by atoms with Gasteiger partial charge in [-0.25, -0.2) is 9.18 Å². The zero-order valence-corrected chi connectivity index (χ0v) is 11.2. The van der Waals surface area contributed by atoms with Crippen LogP contribution in [0.5, 0.6) is 5.75 Å². The van der Waals surface area contributed by atoms with Gasteiger partial charge in [-0.1, -0.05) is 0 Å². The van der Waals surface area contributed by atoms with Gasteiger partial charge in [-0.3, -0.25) is 14.3 Å². The lowest BCUT2D eigenvalue weighted by Crippen LogP contribution is -2.28. The van der Waals surface area contributed by atoms with Crippen LogP contribution < -0.4 is 16.0 Å². The third kappa shape index (κ3) is 1.83. The number of hydrogen-bond donors (Lipinski definition) is 1. The van der Waals surface area contributed by atoms with Crippen LogP contribution >= 0.6 is 11.3 Å². The minimum atomic E-state index is -0.592. The second-order valence-electron chi connectivity index (χ2n) is 4.05. The fraction of sp³-hybridized carbons (Fsp3) is 0.0769. The van der Waals surface area contributed by atoms with E-state index in [0.717, 1.165) is 0 Å². The number of aromatic nitrogens is 2. The average molecular weight is 292 g/mol. The first kappa shape index (κ1) is 12.6. The molecule has 0 saturated carbocycles. The van der Waals surface area contributed by atoms with E-state index in [-0.39, 0.29) is 5.75 Å². The lowest BCUT2D eigenvalue weighted by molar-refractivity contribution is 0.409. The van der Waals surface area contributed by atoms with E-state index in [2.05, 4.69) is 4.98 Å². The Morgan fingerprint density at radius 1 is 1.30 bits per heavy atom. The highest BCUT2D eigenvalue weighted by Crippen LogP contribution is 2.26. The van der Waals surface area contributed by atoms with Gasteiger partial charge in [0.1, 0.15) is 16.3 Å². The molecule has 0 radical (unpaired) electrons. The van der Waals surface area contributed by atoms with Crippen LogP contribution in [0.15, 0.2) is 39.2 Å². The Kier molecular flexibility index (Phi) is 2.90. The van der Waals surface area contributed by atoms with Gasteiger partial charge in [-0.15, -0.1) is 11.3 Å². The highest BCUT2D eigenvalue weighted by atomic mass is 32.1. The Hall–Kier alpha value is -2.41. The van der Waals surface area contributed by atoms with Crippen LogP contribution in [0.4, 0.5) is 4.39 Å². The molecule has 3 rings (SSSR count). The van der Waals surface area contributed by atoms with E-state index in [9.17, 15) is 14.0 Å². The second kappa shape index (κ2) is 4.61. The predicted octanol–water partition coefficient (Wildman–Crippen LogP) is 1.89. The smallest absolute Gasteiger partial charge is 0.333 e. The number of benzene rings is 1. The van der Waals surface area contributed by atoms with Crippen LogP contribution in [0.3, 0.4) is 0 Å². The summed E-state index contributed by atoms with van der Waals surface area (Å²) in [4.78, 5) is 26.0. The van der Waals surface area contributed by atoms with E-state index in [1.165, 1.54) is 41.2 Å². The third-order valence-electron chi connectivity index (χ3n) is 2.90. The van der Waals surface area contributed by atoms with Crippen LogP contribution in [0.1, 0.15) is 0 Å². The fourth-order valence-electron chi connectivity index (χ4n) is 2.04. The summed E-state index contributed by atoms with van der Waals surface area (Å²) in [5, 5.41) is 1.71. The number of methoxy groups -OCH3 is 1. The van der Waals surface area contributed by atoms with Gasteiger partial charge in [-0.2, -0.15) is 0 Å². The van der Waals surface area contributed by atoms with E-state index < -0.39 is 17.1 Å². The van der Waals surface area contributed by atoms with E-state index in [4.69, 9.17) is 4.74 Å². The van der Waals surface area contributed by atoms with Crippen molar-refractivity contribution in [2.75, 3.05) is 7.11 Å². The molecule has 2 heterocycles. The molecule has 0 bridgehead atoms. The Morgan fingerprint density at radius 2 is 2.10 bits per heavy atom. The van der Waals surface area contributed by atoms with Gasteiger partial charge in [0.25, 0.3) is 5.56 Å². The Bertz CT molecular complexity index is 910. The molecule has 5 nitrogen and oxygen atoms in total. The topological polar surface area (TPSA) is 64.1 Å². The highest BCUT2D eigenvalue weighted by molar-refractivity contribution is 7.17. The van der Waals surface area contributed by atoms with Gasteiger partial charge in [0.2, 0.25) is 0 Å². The molecule has 0 unspecified atom stereocenters. The van der Waals surface area contributed by atoms with E-state index in [0.29, 0.717) is 15.9 Å². The largest absolute Gasteiger partial charge is 0.494 e. The molecule has 102 valence electrons. The van der Waals surface area contributed by atoms with Crippen molar-refractivity contribution < 1.29 is 9.13 Å². The Labute approximate surface area is 115 Å². The number of rotatable bonds is 2. The summed E-state index contributed by atoms with van der Waals surface area (Å²) in [5.74, 6) is -0.253. The van der Waals surface area contributed by atoms with Crippen molar-refractivity contribution in [3.8, 4) is 11.4 Å². The quantitative estimate of drug-likeness (QED) is 0.784. The van der Waals surface area contributed by atoms with Crippen molar-refractivity contribution in [2.45, 2.75) is 0 Å². The molecule has 0 aliphatic rings. The number of thiophene rings is 1. The fourth-order valence-corrected chi connectivity index (χ4v) is 2.81. The molecule has 0 amide bonds. The van der Waals surface area contributed by atoms with Gasteiger partial charge in [-0.05, 0) is 23.6 Å². The maximum atomic E-state index is 13.2. The molecule has 0 aliphatic carbocycles. The van der Waals surface area contributed by atoms with Gasteiger partial charge in [0.05, 0.1) is 18.3 Å². The van der Waals surface area contributed by atoms with Gasteiger partial charge < -0.3 is 4.74 Å². The number of aromatic amines is 1. The van der Waals surface area contributed by atoms with Crippen molar-refractivity contribution in [2.24, 2.45) is 0 Å². The maximum Gasteiger partial charge on any atom is 0.333 e. The standard InChI is InChI=1S/C13H9FN2O3S/c1-19-10-6-7(14)2-3-8(10)16-9-4-5-20-11(9)12(17)15-13(16)18/h2-6H,1H3,(H,15,17,18). The minimum absolute atomic E-state index is 0.214. The maximum absolute atomic E-state index is 13.2. The van der Waals surface area contributed by atoms with Crippen LogP contribution in [0.25, 0.3) is 15.9 Å². The number of halogens is 1. The number of ether oxygens (including phenoxy) is 1. The van der Waals surface area contributed by atoms with Crippen molar-refractivity contribution in [3.63, 3.8) is 0 Å². The number of fused-ring (bicyclic) bond motifs is 1. The molecule has 0 atom stereocenters. The molecule has 0 aliphatic heterocycles. The molecular weight excluding hydrogens is 283 g/mol. The van der Waals surface area contributed by atoms with Gasteiger partial charge >= 0.3 is 5.69 Å². The lowest BCUT2D eigenvalue weighted by atomic mass is 10.2. The average Bonchev–Trinajstić information content (AvgIpc) is 2.89. The first-order valence-electron chi connectivity index (χ1n) is 5.68. The molecule has 0 saturated heterocycles. The second-order valence-corrected chi connectivity index (χ2v) is 4.96. The van der Waals surface area contributed by atoms with Gasteiger partial charge in [0.15, 0.2) is 0 Å². The summed E-state index contributed by atoms with van der Waals surface area (Å²) < 4.78 is 20.1. The number of H-pyrrole nitrogens is 1. The molecule has 20 heavy (non-hydrogen) atoms. The Balaban J connectivity index is 2.44. The molecule has 7 heteroatoms. The van der Waals surface area contributed by atoms with Crippen LogP contribution in [-0.4, -0.2) is 16.7 Å². The molecular formula is C13H9FN2O3S. The number of nitrogens with zero attached hydrogens (tertiary/aromatic N) is 1. The van der Waals surface area contributed by atoms with E-state index in [1.807, 2.05) is 0 Å². The zero-order chi connectivity index (χ0) is 14.3. The van der Waals surface area contributed by atoms with Crippen LogP contribution in [-0.2, 0) is 0 Å². The van der Waals surface area contributed by atoms with Crippen molar-refractivity contribution >= 4 is 21.6 Å². The SMILES string of the molecule is COc1cc(F)ccc1-n1c(=O)[nH]c(=O)c2sccc21. The van der Waals surface area contributed by atoms with Crippen molar-refractivity contribution in [3.05, 3.63) is 56.3 Å². The zero-order valence-electron chi connectivity index (χ0n) is 10.3. The third-order valence-corrected chi connectivity index (χ3v) is 3.80. The summed E-state index contributed by atoms with van der Waals surface area (Å²) in [6.45, 7) is 0. The van der Waals surface area contributed by atoms with Gasteiger partial charge in [0, 0.05) is 6.07 Å². The summed E-state index contributed by atoms with van der Waals surface area (Å²) in [6.07, 6.45) is 0. The highest BCUT2D eigenvalue weighted by Gasteiger charge is 2.14. The molecule has 0 spiro atoms. The first-order chi connectivity index (χ1) is 9.61. The van der Waals surface area contributed by atoms with E-state index in [1.54, 1.807) is 11.4 Å².